The molecule has 0 aromatic heterocycles. The van der Waals surface area contributed by atoms with Gasteiger partial charge in [0.05, 0.1) is 11.5 Å². The SMILES string of the molecule is CCCNC(=NCc1ccc([N+](=O)[O-])cc1)NC1CCCCC1. The minimum atomic E-state index is -0.383. The zero-order valence-corrected chi connectivity index (χ0v) is 13.8. The van der Waals surface area contributed by atoms with Crippen LogP contribution in [0.3, 0.4) is 0 Å². The van der Waals surface area contributed by atoms with Crippen molar-refractivity contribution in [2.45, 2.75) is 58.0 Å². The van der Waals surface area contributed by atoms with E-state index in [2.05, 4.69) is 22.5 Å². The Morgan fingerprint density at radius 3 is 2.57 bits per heavy atom. The molecule has 0 bridgehead atoms. The highest BCUT2D eigenvalue weighted by atomic mass is 16.6. The topological polar surface area (TPSA) is 79.6 Å². The van der Waals surface area contributed by atoms with Crippen molar-refractivity contribution in [1.82, 2.24) is 10.6 Å². The van der Waals surface area contributed by atoms with Gasteiger partial charge in [0.15, 0.2) is 5.96 Å². The maximum Gasteiger partial charge on any atom is 0.269 e. The predicted octanol–water partition coefficient (Wildman–Crippen LogP) is 3.37. The number of rotatable bonds is 6. The van der Waals surface area contributed by atoms with E-state index in [9.17, 15) is 10.1 Å². The Bertz CT molecular complexity index is 522. The number of non-ortho nitro benzene ring substituents is 1. The fourth-order valence-corrected chi connectivity index (χ4v) is 2.73. The number of nitrogens with zero attached hydrogens (tertiary/aromatic N) is 2. The second kappa shape index (κ2) is 9.12. The van der Waals surface area contributed by atoms with Gasteiger partial charge >= 0.3 is 0 Å². The number of guanidine groups is 1. The molecule has 1 aliphatic rings. The van der Waals surface area contributed by atoms with E-state index in [1.165, 1.54) is 44.2 Å². The van der Waals surface area contributed by atoms with Gasteiger partial charge in [-0.2, -0.15) is 0 Å². The van der Waals surface area contributed by atoms with Crippen LogP contribution in [0.2, 0.25) is 0 Å². The van der Waals surface area contributed by atoms with E-state index >= 15 is 0 Å². The number of hydrogen-bond acceptors (Lipinski definition) is 3. The Morgan fingerprint density at radius 2 is 1.96 bits per heavy atom. The smallest absolute Gasteiger partial charge is 0.269 e. The lowest BCUT2D eigenvalue weighted by Crippen LogP contribution is -2.44. The van der Waals surface area contributed by atoms with E-state index in [-0.39, 0.29) is 10.6 Å². The number of benzene rings is 1. The van der Waals surface area contributed by atoms with Crippen LogP contribution in [-0.4, -0.2) is 23.5 Å². The summed E-state index contributed by atoms with van der Waals surface area (Å²) >= 11 is 0. The van der Waals surface area contributed by atoms with E-state index in [1.54, 1.807) is 12.1 Å². The summed E-state index contributed by atoms with van der Waals surface area (Å²) in [4.78, 5) is 14.9. The number of nitro benzene ring substituents is 1. The molecule has 0 heterocycles. The molecular formula is C17H26N4O2. The molecule has 0 amide bonds. The van der Waals surface area contributed by atoms with Gasteiger partial charge in [-0.15, -0.1) is 0 Å². The molecule has 1 saturated carbocycles. The Hall–Kier alpha value is -2.11. The second-order valence-corrected chi connectivity index (χ2v) is 5.99. The third-order valence-electron chi connectivity index (χ3n) is 4.06. The minimum absolute atomic E-state index is 0.113. The molecule has 0 spiro atoms. The van der Waals surface area contributed by atoms with Gasteiger partial charge in [-0.25, -0.2) is 4.99 Å². The first-order valence-electron chi connectivity index (χ1n) is 8.47. The minimum Gasteiger partial charge on any atom is -0.356 e. The Labute approximate surface area is 137 Å². The van der Waals surface area contributed by atoms with Crippen LogP contribution < -0.4 is 10.6 Å². The molecule has 1 aromatic carbocycles. The van der Waals surface area contributed by atoms with E-state index in [0.29, 0.717) is 12.6 Å². The van der Waals surface area contributed by atoms with Crippen LogP contribution in [0.5, 0.6) is 0 Å². The van der Waals surface area contributed by atoms with Crippen molar-refractivity contribution in [2.24, 2.45) is 4.99 Å². The molecule has 1 aliphatic carbocycles. The average Bonchev–Trinajstić information content (AvgIpc) is 2.58. The van der Waals surface area contributed by atoms with Crippen molar-refractivity contribution in [1.29, 1.82) is 0 Å². The molecule has 2 N–H and O–H groups in total. The van der Waals surface area contributed by atoms with Crippen LogP contribution >= 0.6 is 0 Å². The third kappa shape index (κ3) is 5.88. The standard InChI is InChI=1S/C17H26N4O2/c1-2-12-18-17(20-15-6-4-3-5-7-15)19-13-14-8-10-16(11-9-14)21(22)23/h8-11,15H,2-7,12-13H2,1H3,(H2,18,19,20). The van der Waals surface area contributed by atoms with E-state index in [0.717, 1.165) is 24.5 Å². The second-order valence-electron chi connectivity index (χ2n) is 5.99. The Kier molecular flexibility index (Phi) is 6.84. The van der Waals surface area contributed by atoms with Gasteiger partial charge < -0.3 is 10.6 Å². The predicted molar refractivity (Wildman–Crippen MR) is 92.5 cm³/mol. The fourth-order valence-electron chi connectivity index (χ4n) is 2.73. The molecule has 0 unspecified atom stereocenters. The van der Waals surface area contributed by atoms with Gasteiger partial charge in [0.2, 0.25) is 0 Å². The number of nitro groups is 1. The van der Waals surface area contributed by atoms with Crippen LogP contribution in [-0.2, 0) is 6.54 Å². The summed E-state index contributed by atoms with van der Waals surface area (Å²) in [6.45, 7) is 3.53. The maximum absolute atomic E-state index is 10.7. The van der Waals surface area contributed by atoms with Crippen molar-refractivity contribution in [3.63, 3.8) is 0 Å². The number of nitrogens with one attached hydrogen (secondary N) is 2. The summed E-state index contributed by atoms with van der Waals surface area (Å²) in [5, 5.41) is 17.5. The average molecular weight is 318 g/mol. The first kappa shape index (κ1) is 17.2. The lowest BCUT2D eigenvalue weighted by Gasteiger charge is -2.25. The highest BCUT2D eigenvalue weighted by Crippen LogP contribution is 2.17. The molecule has 6 nitrogen and oxygen atoms in total. The van der Waals surface area contributed by atoms with E-state index in [1.807, 2.05) is 0 Å². The van der Waals surface area contributed by atoms with Crippen LogP contribution in [0, 0.1) is 10.1 Å². The van der Waals surface area contributed by atoms with Crippen LogP contribution in [0.4, 0.5) is 5.69 Å². The molecular weight excluding hydrogens is 292 g/mol. The zero-order chi connectivity index (χ0) is 16.5. The van der Waals surface area contributed by atoms with Crippen molar-refractivity contribution >= 4 is 11.6 Å². The summed E-state index contributed by atoms with van der Waals surface area (Å²) in [6, 6.07) is 7.08. The Morgan fingerprint density at radius 1 is 1.26 bits per heavy atom. The van der Waals surface area contributed by atoms with Crippen LogP contribution in [0.15, 0.2) is 29.3 Å². The molecule has 23 heavy (non-hydrogen) atoms. The first-order chi connectivity index (χ1) is 11.2. The zero-order valence-electron chi connectivity index (χ0n) is 13.8. The van der Waals surface area contributed by atoms with Gasteiger partial charge in [0.1, 0.15) is 0 Å². The van der Waals surface area contributed by atoms with Crippen LogP contribution in [0.25, 0.3) is 0 Å². The largest absolute Gasteiger partial charge is 0.356 e. The van der Waals surface area contributed by atoms with Crippen molar-refractivity contribution in [3.8, 4) is 0 Å². The highest BCUT2D eigenvalue weighted by molar-refractivity contribution is 5.80. The summed E-state index contributed by atoms with van der Waals surface area (Å²) in [5.74, 6) is 0.845. The third-order valence-corrected chi connectivity index (χ3v) is 4.06. The molecule has 126 valence electrons. The molecule has 0 saturated heterocycles. The summed E-state index contributed by atoms with van der Waals surface area (Å²) in [5.41, 5.74) is 1.08. The quantitative estimate of drug-likeness (QED) is 0.365. The lowest BCUT2D eigenvalue weighted by atomic mass is 9.96. The molecule has 2 rings (SSSR count). The summed E-state index contributed by atoms with van der Waals surface area (Å²) in [6.07, 6.45) is 7.33. The maximum atomic E-state index is 10.7. The molecule has 6 heteroatoms. The monoisotopic (exact) mass is 318 g/mol. The fraction of sp³-hybridized carbons (Fsp3) is 0.588. The lowest BCUT2D eigenvalue weighted by molar-refractivity contribution is -0.384. The van der Waals surface area contributed by atoms with Crippen molar-refractivity contribution in [2.75, 3.05) is 6.54 Å². The number of aliphatic imine (C=N–C) groups is 1. The molecule has 0 atom stereocenters. The van der Waals surface area contributed by atoms with E-state index in [4.69, 9.17) is 0 Å². The number of hydrogen-bond donors (Lipinski definition) is 2. The molecule has 0 radical (unpaired) electrons. The van der Waals surface area contributed by atoms with Crippen molar-refractivity contribution in [3.05, 3.63) is 39.9 Å². The first-order valence-corrected chi connectivity index (χ1v) is 8.47. The molecule has 0 aliphatic heterocycles. The normalized spacial score (nSPS) is 16.1. The van der Waals surface area contributed by atoms with Crippen molar-refractivity contribution < 1.29 is 4.92 Å². The summed E-state index contributed by atoms with van der Waals surface area (Å²) < 4.78 is 0. The van der Waals surface area contributed by atoms with Gasteiger partial charge in [-0.05, 0) is 24.8 Å². The Balaban J connectivity index is 1.96. The molecule has 1 fully saturated rings. The summed E-state index contributed by atoms with van der Waals surface area (Å²) in [7, 11) is 0. The van der Waals surface area contributed by atoms with Gasteiger partial charge in [-0.1, -0.05) is 38.3 Å². The van der Waals surface area contributed by atoms with E-state index < -0.39 is 0 Å². The van der Waals surface area contributed by atoms with Crippen LogP contribution in [0.1, 0.15) is 51.0 Å². The molecule has 1 aromatic rings. The van der Waals surface area contributed by atoms with Gasteiger partial charge in [0, 0.05) is 24.7 Å². The van der Waals surface area contributed by atoms with Gasteiger partial charge in [0.25, 0.3) is 5.69 Å². The highest BCUT2D eigenvalue weighted by Gasteiger charge is 2.14. The van der Waals surface area contributed by atoms with Gasteiger partial charge in [-0.3, -0.25) is 10.1 Å².